The second kappa shape index (κ2) is 7.69. The first-order chi connectivity index (χ1) is 13.0. The number of rotatable bonds is 7. The van der Waals surface area contributed by atoms with Crippen molar-refractivity contribution in [3.8, 4) is 17.2 Å². The van der Waals surface area contributed by atoms with Crippen LogP contribution in [0.4, 0.5) is 0 Å². The Hall–Kier alpha value is -3.68. The average Bonchev–Trinajstić information content (AvgIpc) is 3.09. The number of hydrogen-bond acceptors (Lipinski definition) is 5. The van der Waals surface area contributed by atoms with Gasteiger partial charge in [0, 0.05) is 17.0 Å². The Morgan fingerprint density at radius 1 is 1.22 bits per heavy atom. The van der Waals surface area contributed by atoms with Crippen LogP contribution < -0.4 is 20.5 Å². The van der Waals surface area contributed by atoms with Crippen LogP contribution in [0.5, 0.6) is 17.2 Å². The summed E-state index contributed by atoms with van der Waals surface area (Å²) in [4.78, 5) is 26.4. The van der Waals surface area contributed by atoms with Gasteiger partial charge in [0.25, 0.3) is 11.8 Å². The topological polar surface area (TPSA) is 127 Å². The molecule has 0 saturated heterocycles. The third-order valence-electron chi connectivity index (χ3n) is 3.98. The van der Waals surface area contributed by atoms with E-state index in [1.165, 1.54) is 18.2 Å². The van der Waals surface area contributed by atoms with E-state index in [0.717, 1.165) is 10.9 Å². The zero-order valence-corrected chi connectivity index (χ0v) is 14.6. The number of hydrogen-bond donors (Lipinski definition) is 4. The maximum Gasteiger partial charge on any atom is 0.267 e. The highest BCUT2D eigenvalue weighted by Crippen LogP contribution is 2.26. The van der Waals surface area contributed by atoms with Crippen molar-refractivity contribution in [1.29, 1.82) is 0 Å². The van der Waals surface area contributed by atoms with E-state index in [0.29, 0.717) is 17.2 Å². The molecule has 5 N–H and O–H groups in total. The summed E-state index contributed by atoms with van der Waals surface area (Å²) in [6, 6.07) is 11.4. The number of methoxy groups -OCH3 is 1. The maximum atomic E-state index is 12.3. The van der Waals surface area contributed by atoms with E-state index in [1.807, 2.05) is 18.2 Å². The number of amides is 2. The minimum atomic E-state index is -0.721. The number of aromatic nitrogens is 1. The molecule has 2 aromatic carbocycles. The van der Waals surface area contributed by atoms with E-state index in [1.54, 1.807) is 13.2 Å². The van der Waals surface area contributed by atoms with E-state index >= 15 is 0 Å². The predicted octanol–water partition coefficient (Wildman–Crippen LogP) is 1.79. The van der Waals surface area contributed by atoms with Gasteiger partial charge in [-0.25, -0.2) is 0 Å². The lowest BCUT2D eigenvalue weighted by Crippen LogP contribution is -2.28. The van der Waals surface area contributed by atoms with Gasteiger partial charge in [0.15, 0.2) is 0 Å². The summed E-state index contributed by atoms with van der Waals surface area (Å²) in [7, 11) is 1.58. The van der Waals surface area contributed by atoms with Crippen LogP contribution in [0.3, 0.4) is 0 Å². The number of carbonyl (C=O) groups is 2. The molecule has 3 aromatic rings. The van der Waals surface area contributed by atoms with Gasteiger partial charge in [0.05, 0.1) is 19.2 Å². The van der Waals surface area contributed by atoms with Crippen LogP contribution in [0.25, 0.3) is 10.9 Å². The van der Waals surface area contributed by atoms with Crippen LogP contribution in [-0.4, -0.2) is 42.2 Å². The van der Waals surface area contributed by atoms with Crippen LogP contribution in [0.2, 0.25) is 0 Å². The van der Waals surface area contributed by atoms with Gasteiger partial charge < -0.3 is 30.6 Å². The Kier molecular flexibility index (Phi) is 5.16. The monoisotopic (exact) mass is 369 g/mol. The lowest BCUT2D eigenvalue weighted by molar-refractivity contribution is 0.0941. The summed E-state index contributed by atoms with van der Waals surface area (Å²) >= 11 is 0. The predicted molar refractivity (Wildman–Crippen MR) is 99.3 cm³/mol. The average molecular weight is 369 g/mol. The number of primary amides is 1. The molecule has 0 aliphatic rings. The number of nitrogens with two attached hydrogens (primary N) is 1. The molecule has 2 amide bonds. The Morgan fingerprint density at radius 2 is 2.04 bits per heavy atom. The Balaban J connectivity index is 1.56. The van der Waals surface area contributed by atoms with Gasteiger partial charge in [-0.05, 0) is 30.3 Å². The van der Waals surface area contributed by atoms with Crippen LogP contribution in [0.15, 0.2) is 42.5 Å². The highest BCUT2D eigenvalue weighted by Gasteiger charge is 2.12. The van der Waals surface area contributed by atoms with Gasteiger partial charge in [0.1, 0.15) is 29.5 Å². The first-order valence-corrected chi connectivity index (χ1v) is 8.19. The van der Waals surface area contributed by atoms with Crippen LogP contribution in [0.1, 0.15) is 20.8 Å². The Bertz CT molecular complexity index is 996. The molecule has 3 rings (SSSR count). The maximum absolute atomic E-state index is 12.3. The number of aromatic amines is 1. The third kappa shape index (κ3) is 3.95. The molecular weight excluding hydrogens is 350 g/mol. The standard InChI is InChI=1S/C19H19N3O5/c1-26-17-4-2-3-14-13(17)10-15(22-14)19(25)21-7-8-27-11-5-6-12(18(20)24)16(23)9-11/h2-6,9-10,22-23H,7-8H2,1H3,(H2,20,24)(H,21,25). The quantitative estimate of drug-likeness (QED) is 0.472. The lowest BCUT2D eigenvalue weighted by Gasteiger charge is -2.08. The molecule has 0 spiro atoms. The minimum Gasteiger partial charge on any atom is -0.507 e. The summed E-state index contributed by atoms with van der Waals surface area (Å²) in [5, 5.41) is 13.3. The van der Waals surface area contributed by atoms with Gasteiger partial charge in [-0.15, -0.1) is 0 Å². The third-order valence-corrected chi connectivity index (χ3v) is 3.98. The molecule has 27 heavy (non-hydrogen) atoms. The van der Waals surface area contributed by atoms with Gasteiger partial charge >= 0.3 is 0 Å². The fourth-order valence-electron chi connectivity index (χ4n) is 2.67. The van der Waals surface area contributed by atoms with Gasteiger partial charge in [-0.1, -0.05) is 6.07 Å². The van der Waals surface area contributed by atoms with E-state index in [4.69, 9.17) is 15.2 Å². The van der Waals surface area contributed by atoms with Crippen molar-refractivity contribution in [1.82, 2.24) is 10.3 Å². The summed E-state index contributed by atoms with van der Waals surface area (Å²) in [6.07, 6.45) is 0. The largest absolute Gasteiger partial charge is 0.507 e. The Labute approximate surface area is 154 Å². The Morgan fingerprint density at radius 3 is 2.74 bits per heavy atom. The molecular formula is C19H19N3O5. The van der Waals surface area contributed by atoms with Gasteiger partial charge in [-0.2, -0.15) is 0 Å². The number of carbonyl (C=O) groups excluding carboxylic acids is 2. The molecule has 0 unspecified atom stereocenters. The number of fused-ring (bicyclic) bond motifs is 1. The fourth-order valence-corrected chi connectivity index (χ4v) is 2.67. The van der Waals surface area contributed by atoms with Crippen LogP contribution >= 0.6 is 0 Å². The van der Waals surface area contributed by atoms with Gasteiger partial charge in [0.2, 0.25) is 0 Å². The molecule has 140 valence electrons. The van der Waals surface area contributed by atoms with Crippen LogP contribution in [0, 0.1) is 0 Å². The summed E-state index contributed by atoms with van der Waals surface area (Å²) in [6.45, 7) is 0.439. The lowest BCUT2D eigenvalue weighted by atomic mass is 10.2. The number of nitrogens with one attached hydrogen (secondary N) is 2. The van der Waals surface area contributed by atoms with Crippen molar-refractivity contribution in [3.05, 3.63) is 53.7 Å². The highest BCUT2D eigenvalue weighted by atomic mass is 16.5. The number of ether oxygens (including phenoxy) is 2. The number of aromatic hydroxyl groups is 1. The smallest absolute Gasteiger partial charge is 0.267 e. The summed E-state index contributed by atoms with van der Waals surface area (Å²) < 4.78 is 10.7. The fraction of sp³-hybridized carbons (Fsp3) is 0.158. The molecule has 1 heterocycles. The number of phenols is 1. The molecule has 0 fully saturated rings. The van der Waals surface area contributed by atoms with E-state index in [-0.39, 0.29) is 30.4 Å². The number of H-pyrrole nitrogens is 1. The molecule has 0 saturated carbocycles. The molecule has 8 heteroatoms. The SMILES string of the molecule is COc1cccc2[nH]c(C(=O)NCCOc3ccc(C(N)=O)c(O)c3)cc12. The van der Waals surface area contributed by atoms with Crippen molar-refractivity contribution < 1.29 is 24.2 Å². The summed E-state index contributed by atoms with van der Waals surface area (Å²) in [5.74, 6) is -0.200. The van der Waals surface area contributed by atoms with Gasteiger partial charge in [-0.3, -0.25) is 9.59 Å². The first kappa shape index (κ1) is 18.1. The van der Waals surface area contributed by atoms with Crippen molar-refractivity contribution >= 4 is 22.7 Å². The molecule has 0 bridgehead atoms. The second-order valence-corrected chi connectivity index (χ2v) is 5.75. The molecule has 0 aliphatic carbocycles. The zero-order valence-electron chi connectivity index (χ0n) is 14.6. The molecule has 0 radical (unpaired) electrons. The summed E-state index contributed by atoms with van der Waals surface area (Å²) in [5.41, 5.74) is 6.36. The van der Waals surface area contributed by atoms with E-state index in [9.17, 15) is 14.7 Å². The van der Waals surface area contributed by atoms with Crippen LogP contribution in [-0.2, 0) is 0 Å². The molecule has 0 atom stereocenters. The van der Waals surface area contributed by atoms with Crippen molar-refractivity contribution in [2.45, 2.75) is 0 Å². The number of benzene rings is 2. The van der Waals surface area contributed by atoms with Crippen molar-refractivity contribution in [3.63, 3.8) is 0 Å². The minimum absolute atomic E-state index is 0.0184. The van der Waals surface area contributed by atoms with E-state index < -0.39 is 5.91 Å². The molecule has 8 nitrogen and oxygen atoms in total. The molecule has 1 aromatic heterocycles. The molecule has 0 aliphatic heterocycles. The zero-order chi connectivity index (χ0) is 19.4. The van der Waals surface area contributed by atoms with E-state index in [2.05, 4.69) is 10.3 Å². The first-order valence-electron chi connectivity index (χ1n) is 8.19. The highest BCUT2D eigenvalue weighted by molar-refractivity contribution is 5.99. The normalized spacial score (nSPS) is 10.6. The van der Waals surface area contributed by atoms with Crippen molar-refractivity contribution in [2.24, 2.45) is 5.73 Å². The van der Waals surface area contributed by atoms with Crippen molar-refractivity contribution in [2.75, 3.05) is 20.3 Å². The second-order valence-electron chi connectivity index (χ2n) is 5.75.